The molecule has 0 amide bonds. The normalized spacial score (nSPS) is 28.5. The van der Waals surface area contributed by atoms with Crippen LogP contribution < -0.4 is 0 Å². The van der Waals surface area contributed by atoms with Crippen LogP contribution >= 0.6 is 0 Å². The van der Waals surface area contributed by atoms with E-state index in [1.165, 1.54) is 64.2 Å². The minimum Gasteiger partial charge on any atom is -0.463 e. The largest absolute Gasteiger partial charge is 0.463 e. The van der Waals surface area contributed by atoms with Crippen LogP contribution in [0.1, 0.15) is 117 Å². The van der Waals surface area contributed by atoms with Gasteiger partial charge in [0.2, 0.25) is 5.60 Å². The van der Waals surface area contributed by atoms with E-state index in [4.69, 9.17) is 18.9 Å². The number of carbonyl (C=O) groups is 2. The summed E-state index contributed by atoms with van der Waals surface area (Å²) in [6, 6.07) is 0. The molecule has 2 aliphatic heterocycles. The van der Waals surface area contributed by atoms with Crippen LogP contribution in [-0.2, 0) is 28.5 Å². The van der Waals surface area contributed by atoms with Gasteiger partial charge < -0.3 is 34.3 Å². The van der Waals surface area contributed by atoms with Gasteiger partial charge in [0.25, 0.3) is 5.79 Å². The minimum absolute atomic E-state index is 0.0113. The summed E-state index contributed by atoms with van der Waals surface area (Å²) in [7, 11) is 0. The highest BCUT2D eigenvalue weighted by atomic mass is 16.8. The van der Waals surface area contributed by atoms with Crippen molar-refractivity contribution in [3.05, 3.63) is 0 Å². The molecule has 0 aromatic rings. The summed E-state index contributed by atoms with van der Waals surface area (Å²) in [5, 5.41) is 31.5. The van der Waals surface area contributed by atoms with E-state index < -0.39 is 48.4 Å². The number of rotatable bonds is 19. The van der Waals surface area contributed by atoms with Gasteiger partial charge >= 0.3 is 11.9 Å². The quantitative estimate of drug-likeness (QED) is 0.173. The second-order valence-electron chi connectivity index (χ2n) is 10.1. The van der Waals surface area contributed by atoms with Gasteiger partial charge in [0.1, 0.15) is 12.7 Å². The van der Waals surface area contributed by atoms with E-state index >= 15 is 0 Å². The SMILES string of the molecule is CCCCCCCCCCCCCCCC(=O)OC[C@@H](O)[C@H]1OC(=O)[C@]2(O)CCC(O)O[C@]12OCC. The Bertz CT molecular complexity index is 657. The zero-order valence-electron chi connectivity index (χ0n) is 22.3. The number of cyclic esters (lactones) is 1. The lowest BCUT2D eigenvalue weighted by molar-refractivity contribution is -0.385. The molecule has 3 N–H and O–H groups in total. The molecule has 0 spiro atoms. The van der Waals surface area contributed by atoms with Crippen LogP contribution in [0, 0.1) is 0 Å². The second-order valence-corrected chi connectivity index (χ2v) is 10.1. The molecule has 9 heteroatoms. The summed E-state index contributed by atoms with van der Waals surface area (Å²) < 4.78 is 21.4. The van der Waals surface area contributed by atoms with Crippen LogP contribution in [0.15, 0.2) is 0 Å². The molecule has 36 heavy (non-hydrogen) atoms. The fourth-order valence-corrected chi connectivity index (χ4v) is 5.11. The first kappa shape index (κ1) is 31.0. The van der Waals surface area contributed by atoms with Gasteiger partial charge in [-0.05, 0) is 19.8 Å². The Hall–Kier alpha value is -1.26. The van der Waals surface area contributed by atoms with Crippen LogP contribution in [0.3, 0.4) is 0 Å². The number of carbonyl (C=O) groups excluding carboxylic acids is 2. The molecule has 2 heterocycles. The Kier molecular flexibility index (Phi) is 13.6. The third-order valence-corrected chi connectivity index (χ3v) is 7.19. The fraction of sp³-hybridized carbons (Fsp3) is 0.926. The van der Waals surface area contributed by atoms with Crippen molar-refractivity contribution in [2.75, 3.05) is 13.2 Å². The maximum Gasteiger partial charge on any atom is 0.344 e. The zero-order valence-corrected chi connectivity index (χ0v) is 22.3. The monoisotopic (exact) mass is 516 g/mol. The fourth-order valence-electron chi connectivity index (χ4n) is 5.11. The highest BCUT2D eigenvalue weighted by Gasteiger charge is 2.74. The summed E-state index contributed by atoms with van der Waals surface area (Å²) in [6.07, 6.45) is 11.7. The van der Waals surface area contributed by atoms with E-state index in [1.54, 1.807) is 6.92 Å². The first-order valence-electron chi connectivity index (χ1n) is 14.1. The molecule has 2 aliphatic rings. The molecule has 0 aromatic carbocycles. The zero-order chi connectivity index (χ0) is 26.4. The lowest BCUT2D eigenvalue weighted by Gasteiger charge is -2.45. The summed E-state index contributed by atoms with van der Waals surface area (Å²) >= 11 is 0. The summed E-state index contributed by atoms with van der Waals surface area (Å²) in [5.41, 5.74) is -2.16. The van der Waals surface area contributed by atoms with Crippen molar-refractivity contribution < 1.29 is 43.9 Å². The average molecular weight is 517 g/mol. The highest BCUT2D eigenvalue weighted by molar-refractivity contribution is 5.84. The maximum absolute atomic E-state index is 12.4. The van der Waals surface area contributed by atoms with Crippen molar-refractivity contribution in [2.24, 2.45) is 0 Å². The number of fused-ring (bicyclic) bond motifs is 1. The van der Waals surface area contributed by atoms with Gasteiger partial charge in [0, 0.05) is 19.4 Å². The molecule has 0 aliphatic carbocycles. The molecule has 2 rings (SSSR count). The average Bonchev–Trinajstić information content (AvgIpc) is 3.07. The van der Waals surface area contributed by atoms with Crippen LogP contribution in [0.25, 0.3) is 0 Å². The van der Waals surface area contributed by atoms with Crippen molar-refractivity contribution in [2.45, 2.75) is 146 Å². The van der Waals surface area contributed by atoms with E-state index in [-0.39, 0.29) is 25.9 Å². The molecule has 1 unspecified atom stereocenters. The van der Waals surface area contributed by atoms with E-state index in [2.05, 4.69) is 6.92 Å². The van der Waals surface area contributed by atoms with Crippen molar-refractivity contribution in [3.8, 4) is 0 Å². The molecule has 0 bridgehead atoms. The highest BCUT2D eigenvalue weighted by Crippen LogP contribution is 2.48. The Labute approximate surface area is 215 Å². The van der Waals surface area contributed by atoms with Crippen molar-refractivity contribution in [1.82, 2.24) is 0 Å². The lowest BCUT2D eigenvalue weighted by atomic mass is 9.83. The predicted octanol–water partition coefficient (Wildman–Crippen LogP) is 3.89. The lowest BCUT2D eigenvalue weighted by Crippen LogP contribution is -2.67. The van der Waals surface area contributed by atoms with Gasteiger partial charge in [0.15, 0.2) is 12.4 Å². The molecule has 0 radical (unpaired) electrons. The van der Waals surface area contributed by atoms with E-state index in [1.807, 2.05) is 0 Å². The van der Waals surface area contributed by atoms with Gasteiger partial charge in [-0.1, -0.05) is 84.0 Å². The van der Waals surface area contributed by atoms with Gasteiger partial charge in [0.05, 0.1) is 0 Å². The van der Waals surface area contributed by atoms with Crippen LogP contribution in [0.2, 0.25) is 0 Å². The molecule has 210 valence electrons. The number of aliphatic hydroxyl groups is 3. The van der Waals surface area contributed by atoms with Gasteiger partial charge in [-0.2, -0.15) is 0 Å². The van der Waals surface area contributed by atoms with E-state index in [9.17, 15) is 24.9 Å². The molecule has 0 saturated carbocycles. The summed E-state index contributed by atoms with van der Waals surface area (Å²) in [5.74, 6) is -3.52. The smallest absolute Gasteiger partial charge is 0.344 e. The summed E-state index contributed by atoms with van der Waals surface area (Å²) in [4.78, 5) is 24.5. The van der Waals surface area contributed by atoms with E-state index in [0.29, 0.717) is 6.42 Å². The molecule has 5 atom stereocenters. The number of hydrogen-bond donors (Lipinski definition) is 3. The van der Waals surface area contributed by atoms with Gasteiger partial charge in [-0.25, -0.2) is 4.79 Å². The Morgan fingerprint density at radius 2 is 1.56 bits per heavy atom. The van der Waals surface area contributed by atoms with Crippen molar-refractivity contribution >= 4 is 11.9 Å². The number of ether oxygens (including phenoxy) is 4. The van der Waals surface area contributed by atoms with Crippen LogP contribution in [0.4, 0.5) is 0 Å². The standard InChI is InChI=1S/C27H48O9/c1-3-5-6-7-8-9-10-11-12-13-14-15-16-17-22(29)33-20-21(28)24-27(34-4-2)26(32,25(31)35-24)19-18-23(30)36-27/h21,23-24,28,30,32H,3-20H2,1-2H3/t21-,23?,24-,26-,27-/m1/s1. The van der Waals surface area contributed by atoms with Crippen LogP contribution in [-0.4, -0.2) is 70.4 Å². The predicted molar refractivity (Wildman–Crippen MR) is 133 cm³/mol. The molecule has 9 nitrogen and oxygen atoms in total. The molecule has 2 fully saturated rings. The van der Waals surface area contributed by atoms with Crippen molar-refractivity contribution in [3.63, 3.8) is 0 Å². The van der Waals surface area contributed by atoms with Crippen LogP contribution in [0.5, 0.6) is 0 Å². The Balaban J connectivity index is 1.61. The number of esters is 2. The second kappa shape index (κ2) is 15.9. The number of unbranched alkanes of at least 4 members (excludes halogenated alkanes) is 12. The maximum atomic E-state index is 12.4. The third-order valence-electron chi connectivity index (χ3n) is 7.19. The topological polar surface area (TPSA) is 132 Å². The summed E-state index contributed by atoms with van der Waals surface area (Å²) in [6.45, 7) is 3.46. The Morgan fingerprint density at radius 3 is 2.11 bits per heavy atom. The van der Waals surface area contributed by atoms with E-state index in [0.717, 1.165) is 12.8 Å². The molecular formula is C27H48O9. The minimum atomic E-state index is -2.16. The molecular weight excluding hydrogens is 468 g/mol. The Morgan fingerprint density at radius 1 is 1.00 bits per heavy atom. The number of hydrogen-bond acceptors (Lipinski definition) is 9. The molecule has 2 saturated heterocycles. The third kappa shape index (κ3) is 8.38. The van der Waals surface area contributed by atoms with Crippen molar-refractivity contribution in [1.29, 1.82) is 0 Å². The number of aliphatic hydroxyl groups excluding tert-OH is 2. The first-order valence-corrected chi connectivity index (χ1v) is 14.1. The van der Waals surface area contributed by atoms with Gasteiger partial charge in [-0.15, -0.1) is 0 Å². The van der Waals surface area contributed by atoms with Gasteiger partial charge in [-0.3, -0.25) is 4.79 Å². The first-order chi connectivity index (χ1) is 17.3. The molecule has 0 aromatic heterocycles.